The lowest BCUT2D eigenvalue weighted by atomic mass is 10.2. The molecule has 19 heavy (non-hydrogen) atoms. The van der Waals surface area contributed by atoms with Crippen molar-refractivity contribution in [2.75, 3.05) is 20.8 Å². The van der Waals surface area contributed by atoms with Gasteiger partial charge in [-0.1, -0.05) is 18.2 Å². The van der Waals surface area contributed by atoms with Gasteiger partial charge in [0.1, 0.15) is 0 Å². The van der Waals surface area contributed by atoms with E-state index in [9.17, 15) is 4.79 Å². The molecule has 5 heteroatoms. The van der Waals surface area contributed by atoms with E-state index in [1.165, 1.54) is 14.2 Å². The number of aliphatic hydroxyl groups excluding tert-OH is 1. The molecule has 0 heterocycles. The molecule has 1 aromatic rings. The molecule has 0 aromatic heterocycles. The van der Waals surface area contributed by atoms with Crippen molar-refractivity contribution in [2.45, 2.75) is 25.2 Å². The highest BCUT2D eigenvalue weighted by Gasteiger charge is 2.25. The summed E-state index contributed by atoms with van der Waals surface area (Å²) in [5.41, 5.74) is 0.474. The van der Waals surface area contributed by atoms with Crippen LogP contribution in [0.15, 0.2) is 30.3 Å². The molecule has 0 radical (unpaired) electrons. The quantitative estimate of drug-likeness (QED) is 0.573. The second-order valence-corrected chi connectivity index (χ2v) is 4.02. The van der Waals surface area contributed by atoms with Crippen molar-refractivity contribution in [3.8, 4) is 0 Å². The molecule has 0 fully saturated rings. The first-order valence-electron chi connectivity index (χ1n) is 6.15. The van der Waals surface area contributed by atoms with Gasteiger partial charge >= 0.3 is 5.97 Å². The Morgan fingerprint density at radius 2 is 1.84 bits per heavy atom. The van der Waals surface area contributed by atoms with Crippen LogP contribution in [0.2, 0.25) is 0 Å². The fraction of sp³-hybridized carbons (Fsp3) is 0.500. The van der Waals surface area contributed by atoms with Gasteiger partial charge in [0, 0.05) is 20.8 Å². The van der Waals surface area contributed by atoms with E-state index in [1.807, 2.05) is 6.07 Å². The molecule has 106 valence electrons. The molecule has 1 N–H and O–H groups in total. The summed E-state index contributed by atoms with van der Waals surface area (Å²) in [6.07, 6.45) is -0.203. The van der Waals surface area contributed by atoms with Crippen molar-refractivity contribution in [3.63, 3.8) is 0 Å². The Bertz CT molecular complexity index is 361. The van der Waals surface area contributed by atoms with Crippen LogP contribution in [-0.4, -0.2) is 44.3 Å². The Labute approximate surface area is 113 Å². The largest absolute Gasteiger partial charge is 0.453 e. The number of aliphatic hydroxyl groups is 1. The molecule has 0 aliphatic heterocycles. The first-order valence-corrected chi connectivity index (χ1v) is 6.15. The van der Waals surface area contributed by atoms with Crippen LogP contribution < -0.4 is 0 Å². The minimum absolute atomic E-state index is 0.0273. The van der Waals surface area contributed by atoms with Crippen molar-refractivity contribution < 1.29 is 24.1 Å². The van der Waals surface area contributed by atoms with E-state index in [2.05, 4.69) is 0 Å². The number of rotatable bonds is 8. The molecule has 0 amide bonds. The van der Waals surface area contributed by atoms with Gasteiger partial charge in [-0.25, -0.2) is 4.79 Å². The molecule has 0 spiro atoms. The Kier molecular flexibility index (Phi) is 7.10. The SMILES string of the molecule is COC(OC)C(CCCO)OC(=O)c1ccccc1. The van der Waals surface area contributed by atoms with E-state index in [4.69, 9.17) is 19.3 Å². The molecular weight excluding hydrogens is 248 g/mol. The number of ether oxygens (including phenoxy) is 3. The maximum Gasteiger partial charge on any atom is 0.338 e. The normalized spacial score (nSPS) is 12.4. The Morgan fingerprint density at radius 3 is 2.37 bits per heavy atom. The molecule has 1 atom stereocenters. The van der Waals surface area contributed by atoms with E-state index >= 15 is 0 Å². The zero-order chi connectivity index (χ0) is 14.1. The average Bonchev–Trinajstić information content (AvgIpc) is 2.46. The Hall–Kier alpha value is -1.43. The summed E-state index contributed by atoms with van der Waals surface area (Å²) in [6, 6.07) is 8.72. The third kappa shape index (κ3) is 4.98. The molecule has 0 aliphatic carbocycles. The highest BCUT2D eigenvalue weighted by Crippen LogP contribution is 2.14. The van der Waals surface area contributed by atoms with Gasteiger partial charge in [-0.2, -0.15) is 0 Å². The number of methoxy groups -OCH3 is 2. The summed E-state index contributed by atoms with van der Waals surface area (Å²) < 4.78 is 15.6. The van der Waals surface area contributed by atoms with Crippen LogP contribution >= 0.6 is 0 Å². The fourth-order valence-corrected chi connectivity index (χ4v) is 1.72. The second-order valence-electron chi connectivity index (χ2n) is 4.02. The molecule has 0 saturated carbocycles. The van der Waals surface area contributed by atoms with Crippen LogP contribution in [0, 0.1) is 0 Å². The predicted molar refractivity (Wildman–Crippen MR) is 69.8 cm³/mol. The smallest absolute Gasteiger partial charge is 0.338 e. The zero-order valence-electron chi connectivity index (χ0n) is 11.2. The molecule has 0 aliphatic rings. The molecule has 1 rings (SSSR count). The third-order valence-electron chi connectivity index (χ3n) is 2.68. The lowest BCUT2D eigenvalue weighted by Gasteiger charge is -2.24. The maximum absolute atomic E-state index is 12.0. The van der Waals surface area contributed by atoms with E-state index in [0.29, 0.717) is 18.4 Å². The van der Waals surface area contributed by atoms with Crippen LogP contribution in [0.5, 0.6) is 0 Å². The van der Waals surface area contributed by atoms with Gasteiger partial charge in [0.2, 0.25) is 0 Å². The highest BCUT2D eigenvalue weighted by molar-refractivity contribution is 5.89. The van der Waals surface area contributed by atoms with Gasteiger partial charge in [-0.05, 0) is 25.0 Å². The number of hydrogen-bond donors (Lipinski definition) is 1. The van der Waals surface area contributed by atoms with Crippen LogP contribution in [0.4, 0.5) is 0 Å². The van der Waals surface area contributed by atoms with E-state index in [0.717, 1.165) is 0 Å². The van der Waals surface area contributed by atoms with Crippen molar-refractivity contribution in [1.29, 1.82) is 0 Å². The Balaban J connectivity index is 2.68. The van der Waals surface area contributed by atoms with Crippen molar-refractivity contribution >= 4 is 5.97 Å². The van der Waals surface area contributed by atoms with Crippen LogP contribution in [0.1, 0.15) is 23.2 Å². The average molecular weight is 268 g/mol. The number of benzene rings is 1. The van der Waals surface area contributed by atoms with E-state index in [-0.39, 0.29) is 6.61 Å². The lowest BCUT2D eigenvalue weighted by Crippen LogP contribution is -2.34. The van der Waals surface area contributed by atoms with Gasteiger partial charge < -0.3 is 19.3 Å². The minimum Gasteiger partial charge on any atom is -0.453 e. The van der Waals surface area contributed by atoms with Gasteiger partial charge in [0.05, 0.1) is 5.56 Å². The first kappa shape index (κ1) is 15.6. The molecule has 1 aromatic carbocycles. The molecule has 5 nitrogen and oxygen atoms in total. The van der Waals surface area contributed by atoms with E-state index < -0.39 is 18.4 Å². The van der Waals surface area contributed by atoms with Gasteiger partial charge in [0.25, 0.3) is 0 Å². The van der Waals surface area contributed by atoms with Gasteiger partial charge in [-0.15, -0.1) is 0 Å². The summed E-state index contributed by atoms with van der Waals surface area (Å²) >= 11 is 0. The molecule has 0 saturated heterocycles. The van der Waals surface area contributed by atoms with Gasteiger partial charge in [-0.3, -0.25) is 0 Å². The topological polar surface area (TPSA) is 65.0 Å². The van der Waals surface area contributed by atoms with E-state index in [1.54, 1.807) is 24.3 Å². The zero-order valence-corrected chi connectivity index (χ0v) is 11.2. The van der Waals surface area contributed by atoms with Gasteiger partial charge in [0.15, 0.2) is 12.4 Å². The second kappa shape index (κ2) is 8.63. The summed E-state index contributed by atoms with van der Waals surface area (Å²) in [6.45, 7) is 0.0273. The third-order valence-corrected chi connectivity index (χ3v) is 2.68. The lowest BCUT2D eigenvalue weighted by molar-refractivity contribution is -0.167. The standard InChI is InChI=1S/C14H20O5/c1-17-14(18-2)12(9-6-10-15)19-13(16)11-7-4-3-5-8-11/h3-5,7-8,12,14-15H,6,9-10H2,1-2H3. The summed E-state index contributed by atoms with van der Waals surface area (Å²) in [4.78, 5) is 12.0. The van der Waals surface area contributed by atoms with Crippen LogP contribution in [-0.2, 0) is 14.2 Å². The monoisotopic (exact) mass is 268 g/mol. The first-order chi connectivity index (χ1) is 9.22. The molecule has 0 bridgehead atoms. The number of carbonyl (C=O) groups excluding carboxylic acids is 1. The number of esters is 1. The number of hydrogen-bond acceptors (Lipinski definition) is 5. The summed E-state index contributed by atoms with van der Waals surface area (Å²) in [5, 5.41) is 8.87. The molecule has 1 unspecified atom stereocenters. The summed E-state index contributed by atoms with van der Waals surface area (Å²) in [5.74, 6) is -0.428. The van der Waals surface area contributed by atoms with Crippen LogP contribution in [0.3, 0.4) is 0 Å². The maximum atomic E-state index is 12.0. The minimum atomic E-state index is -0.640. The Morgan fingerprint density at radius 1 is 1.21 bits per heavy atom. The van der Waals surface area contributed by atoms with Crippen molar-refractivity contribution in [3.05, 3.63) is 35.9 Å². The predicted octanol–water partition coefficient (Wildman–Crippen LogP) is 1.60. The summed E-state index contributed by atoms with van der Waals surface area (Å²) in [7, 11) is 2.97. The van der Waals surface area contributed by atoms with Crippen molar-refractivity contribution in [2.24, 2.45) is 0 Å². The number of carbonyl (C=O) groups is 1. The molecular formula is C14H20O5. The van der Waals surface area contributed by atoms with Crippen LogP contribution in [0.25, 0.3) is 0 Å². The fourth-order valence-electron chi connectivity index (χ4n) is 1.72. The van der Waals surface area contributed by atoms with Crippen molar-refractivity contribution in [1.82, 2.24) is 0 Å². The highest BCUT2D eigenvalue weighted by atomic mass is 16.7.